The van der Waals surface area contributed by atoms with Gasteiger partial charge in [-0.25, -0.2) is 0 Å². The molecule has 0 amide bonds. The zero-order valence-electron chi connectivity index (χ0n) is 12.1. The van der Waals surface area contributed by atoms with Crippen molar-refractivity contribution < 1.29 is 36.0 Å². The van der Waals surface area contributed by atoms with Gasteiger partial charge in [-0.05, 0) is 30.2 Å². The molecular weight excluding hydrogens is 401 g/mol. The van der Waals surface area contributed by atoms with Crippen molar-refractivity contribution in [3.63, 3.8) is 0 Å². The van der Waals surface area contributed by atoms with Gasteiger partial charge < -0.3 is 9.63 Å². The summed E-state index contributed by atoms with van der Waals surface area (Å²) in [5.74, 6) is -2.22. The number of halogens is 8. The second-order valence-electron chi connectivity index (χ2n) is 5.17. The quantitative estimate of drug-likeness (QED) is 0.744. The van der Waals surface area contributed by atoms with E-state index in [2.05, 4.69) is 14.7 Å². The highest BCUT2D eigenvalue weighted by molar-refractivity contribution is 6.35. The van der Waals surface area contributed by atoms with Crippen molar-refractivity contribution in [1.82, 2.24) is 10.1 Å². The fraction of sp³-hybridized carbons (Fsp3) is 0.385. The standard InChI is InChI=1S/C13H8Cl2F6N2O2/c1-11(24,13(19,20)21)7-2-5(14)3-8(15)6(7)4-9-22-10(23-25-9)12(16,17)18/h2-3,24H,4H2,1H3/t11-/m1/s1. The lowest BCUT2D eigenvalue weighted by Gasteiger charge is -2.29. The number of nitrogens with zero attached hydrogens (tertiary/aromatic N) is 2. The summed E-state index contributed by atoms with van der Waals surface area (Å²) in [6.07, 6.45) is -10.6. The third-order valence-electron chi connectivity index (χ3n) is 3.29. The van der Waals surface area contributed by atoms with E-state index in [0.29, 0.717) is 6.92 Å². The Balaban J connectivity index is 2.53. The van der Waals surface area contributed by atoms with Crippen molar-refractivity contribution in [2.75, 3.05) is 0 Å². The summed E-state index contributed by atoms with van der Waals surface area (Å²) in [6, 6.07) is 1.90. The van der Waals surface area contributed by atoms with E-state index >= 15 is 0 Å². The van der Waals surface area contributed by atoms with E-state index in [0.717, 1.165) is 12.1 Å². The van der Waals surface area contributed by atoms with Gasteiger partial charge in [0.25, 0.3) is 5.82 Å². The first-order chi connectivity index (χ1) is 11.2. The second-order valence-corrected chi connectivity index (χ2v) is 6.01. The van der Waals surface area contributed by atoms with Gasteiger partial charge in [-0.1, -0.05) is 28.4 Å². The first-order valence-electron chi connectivity index (χ1n) is 6.40. The molecule has 0 unspecified atom stereocenters. The summed E-state index contributed by atoms with van der Waals surface area (Å²) in [5, 5.41) is 12.1. The molecule has 138 valence electrons. The van der Waals surface area contributed by atoms with Gasteiger partial charge in [-0.2, -0.15) is 31.3 Å². The highest BCUT2D eigenvalue weighted by atomic mass is 35.5. The molecular formula is C13H8Cl2F6N2O2. The summed E-state index contributed by atoms with van der Waals surface area (Å²) in [7, 11) is 0. The van der Waals surface area contributed by atoms with Gasteiger partial charge in [0.05, 0.1) is 6.42 Å². The number of hydrogen-bond donors (Lipinski definition) is 1. The van der Waals surface area contributed by atoms with Crippen LogP contribution >= 0.6 is 23.2 Å². The van der Waals surface area contributed by atoms with Crippen LogP contribution in [0.15, 0.2) is 16.7 Å². The molecule has 2 rings (SSSR count). The lowest BCUT2D eigenvalue weighted by molar-refractivity contribution is -0.259. The Morgan fingerprint density at radius 1 is 1.12 bits per heavy atom. The minimum absolute atomic E-state index is 0.199. The Kier molecular flexibility index (Phi) is 5.01. The van der Waals surface area contributed by atoms with Crippen LogP contribution in [0.2, 0.25) is 10.0 Å². The summed E-state index contributed by atoms with van der Waals surface area (Å²) in [4.78, 5) is 3.07. The zero-order chi connectivity index (χ0) is 19.2. The monoisotopic (exact) mass is 408 g/mol. The molecule has 0 saturated heterocycles. The minimum atomic E-state index is -5.10. The lowest BCUT2D eigenvalue weighted by atomic mass is 9.89. The first kappa shape index (κ1) is 19.8. The van der Waals surface area contributed by atoms with Gasteiger partial charge in [0.15, 0.2) is 5.60 Å². The Hall–Kier alpha value is -1.52. The van der Waals surface area contributed by atoms with Crippen molar-refractivity contribution >= 4 is 23.2 Å². The molecule has 2 aromatic rings. The van der Waals surface area contributed by atoms with Crippen molar-refractivity contribution in [2.45, 2.75) is 31.3 Å². The van der Waals surface area contributed by atoms with Gasteiger partial charge in [0.1, 0.15) is 0 Å². The number of rotatable bonds is 3. The Labute approximate surface area is 146 Å². The van der Waals surface area contributed by atoms with Gasteiger partial charge >= 0.3 is 12.4 Å². The van der Waals surface area contributed by atoms with Crippen molar-refractivity contribution in [1.29, 1.82) is 0 Å². The van der Waals surface area contributed by atoms with E-state index in [-0.39, 0.29) is 15.6 Å². The molecule has 1 aromatic carbocycles. The number of benzene rings is 1. The summed E-state index contributed by atoms with van der Waals surface area (Å²) >= 11 is 11.5. The number of aliphatic hydroxyl groups is 1. The predicted octanol–water partition coefficient (Wildman–Crippen LogP) is 4.76. The Morgan fingerprint density at radius 3 is 2.20 bits per heavy atom. The fourth-order valence-corrected chi connectivity index (χ4v) is 2.52. The Morgan fingerprint density at radius 2 is 1.72 bits per heavy atom. The summed E-state index contributed by atoms with van der Waals surface area (Å²) < 4.78 is 81.2. The first-order valence-corrected chi connectivity index (χ1v) is 7.16. The van der Waals surface area contributed by atoms with Gasteiger partial charge in [0.2, 0.25) is 5.89 Å². The van der Waals surface area contributed by atoms with Gasteiger partial charge in [0, 0.05) is 10.0 Å². The molecule has 0 aliphatic rings. The maximum atomic E-state index is 13.1. The minimum Gasteiger partial charge on any atom is -0.376 e. The normalized spacial score (nSPS) is 15.3. The van der Waals surface area contributed by atoms with E-state index in [1.807, 2.05) is 0 Å². The average molecular weight is 409 g/mol. The molecule has 0 radical (unpaired) electrons. The van der Waals surface area contributed by atoms with Crippen LogP contribution in [0.25, 0.3) is 0 Å². The van der Waals surface area contributed by atoms with Crippen molar-refractivity contribution in [2.24, 2.45) is 0 Å². The summed E-state index contributed by atoms with van der Waals surface area (Å²) in [5.41, 5.74) is -4.43. The Bertz CT molecular complexity index is 786. The molecule has 1 N–H and O–H groups in total. The van der Waals surface area contributed by atoms with Crippen LogP contribution < -0.4 is 0 Å². The lowest BCUT2D eigenvalue weighted by Crippen LogP contribution is -2.40. The molecule has 12 heteroatoms. The molecule has 0 aliphatic heterocycles. The zero-order valence-corrected chi connectivity index (χ0v) is 13.6. The van der Waals surface area contributed by atoms with Crippen molar-refractivity contribution in [3.05, 3.63) is 45.0 Å². The third kappa shape index (κ3) is 4.01. The molecule has 1 aromatic heterocycles. The van der Waals surface area contributed by atoms with Crippen LogP contribution in [-0.2, 0) is 18.2 Å². The van der Waals surface area contributed by atoms with Gasteiger partial charge in [-0.15, -0.1) is 0 Å². The summed E-state index contributed by atoms with van der Waals surface area (Å²) in [6.45, 7) is 0.466. The highest BCUT2D eigenvalue weighted by Crippen LogP contribution is 2.43. The molecule has 0 bridgehead atoms. The highest BCUT2D eigenvalue weighted by Gasteiger charge is 2.52. The maximum Gasteiger partial charge on any atom is 0.455 e. The van der Waals surface area contributed by atoms with Crippen molar-refractivity contribution in [3.8, 4) is 0 Å². The van der Waals surface area contributed by atoms with Crippen LogP contribution in [0.1, 0.15) is 29.8 Å². The number of alkyl halides is 6. The van der Waals surface area contributed by atoms with Crippen LogP contribution in [0.3, 0.4) is 0 Å². The molecule has 0 fully saturated rings. The predicted molar refractivity (Wildman–Crippen MR) is 74.2 cm³/mol. The molecule has 0 spiro atoms. The average Bonchev–Trinajstić information content (AvgIpc) is 2.88. The van der Waals surface area contributed by atoms with E-state index in [1.165, 1.54) is 0 Å². The number of hydrogen-bond acceptors (Lipinski definition) is 4. The molecule has 4 nitrogen and oxygen atoms in total. The van der Waals surface area contributed by atoms with Crippen LogP contribution in [0.4, 0.5) is 26.3 Å². The van der Waals surface area contributed by atoms with Gasteiger partial charge in [-0.3, -0.25) is 0 Å². The molecule has 0 saturated carbocycles. The molecule has 0 aliphatic carbocycles. The topological polar surface area (TPSA) is 59.2 Å². The SMILES string of the molecule is C[C@@](O)(c1cc(Cl)cc(Cl)c1Cc1nc(C(F)(F)F)no1)C(F)(F)F. The van der Waals surface area contributed by atoms with E-state index in [4.69, 9.17) is 23.2 Å². The van der Waals surface area contributed by atoms with E-state index in [1.54, 1.807) is 0 Å². The van der Waals surface area contributed by atoms with E-state index in [9.17, 15) is 31.4 Å². The van der Waals surface area contributed by atoms with Crippen LogP contribution in [0, 0.1) is 0 Å². The van der Waals surface area contributed by atoms with Crippen LogP contribution in [-0.4, -0.2) is 21.4 Å². The smallest absolute Gasteiger partial charge is 0.376 e. The fourth-order valence-electron chi connectivity index (χ4n) is 1.96. The second kappa shape index (κ2) is 6.33. The van der Waals surface area contributed by atoms with E-state index < -0.39 is 41.7 Å². The van der Waals surface area contributed by atoms with Crippen LogP contribution in [0.5, 0.6) is 0 Å². The third-order valence-corrected chi connectivity index (χ3v) is 3.84. The number of aromatic nitrogens is 2. The maximum absolute atomic E-state index is 13.1. The molecule has 1 heterocycles. The molecule has 1 atom stereocenters. The largest absolute Gasteiger partial charge is 0.455 e. The molecule has 25 heavy (non-hydrogen) atoms.